The van der Waals surface area contributed by atoms with Crippen molar-refractivity contribution in [3.63, 3.8) is 0 Å². The second kappa shape index (κ2) is 11.0. The number of aryl methyl sites for hydroxylation is 1. The molecule has 4 aliphatic heterocycles. The zero-order chi connectivity index (χ0) is 30.6. The minimum Gasteiger partial charge on any atom is -0.465 e. The topological polar surface area (TPSA) is 94.6 Å². The van der Waals surface area contributed by atoms with E-state index in [2.05, 4.69) is 0 Å². The van der Waals surface area contributed by atoms with Gasteiger partial charge in [0.15, 0.2) is 5.79 Å². The van der Waals surface area contributed by atoms with Crippen LogP contribution >= 0.6 is 0 Å². The molecule has 6 atom stereocenters. The number of hydrogen-bond donors (Lipinski definition) is 0. The Morgan fingerprint density at radius 1 is 0.841 bits per heavy atom. The molecule has 3 aromatic rings. The van der Waals surface area contributed by atoms with Crippen LogP contribution in [-0.2, 0) is 46.5 Å². The molecule has 226 valence electrons. The van der Waals surface area contributed by atoms with Gasteiger partial charge in [0, 0.05) is 6.54 Å². The summed E-state index contributed by atoms with van der Waals surface area (Å²) in [5, 5.41) is 0. The number of esters is 1. The van der Waals surface area contributed by atoms with Crippen molar-refractivity contribution in [1.29, 1.82) is 0 Å². The summed E-state index contributed by atoms with van der Waals surface area (Å²) >= 11 is 0. The lowest BCUT2D eigenvalue weighted by molar-refractivity contribution is -0.184. The second-order valence-electron chi connectivity index (χ2n) is 12.2. The number of anilines is 1. The van der Waals surface area contributed by atoms with E-state index in [-0.39, 0.29) is 19.1 Å². The summed E-state index contributed by atoms with van der Waals surface area (Å²) in [5.41, 5.74) is 3.21. The Morgan fingerprint density at radius 3 is 2.14 bits per heavy atom. The third-order valence-electron chi connectivity index (χ3n) is 8.72. The highest BCUT2D eigenvalue weighted by Crippen LogP contribution is 2.50. The van der Waals surface area contributed by atoms with Crippen molar-refractivity contribution in [2.45, 2.75) is 64.2 Å². The Balaban J connectivity index is 1.30. The molecule has 0 bridgehead atoms. The van der Waals surface area contributed by atoms with Crippen molar-refractivity contribution in [3.05, 3.63) is 113 Å². The maximum atomic E-state index is 14.3. The lowest BCUT2D eigenvalue weighted by Gasteiger charge is -2.33. The average Bonchev–Trinajstić information content (AvgIpc) is 3.69. The number of carbonyl (C=O) groups excluding carboxylic acids is 3. The van der Waals surface area contributed by atoms with E-state index in [1.807, 2.05) is 105 Å². The fraction of sp³-hybridized carbons (Fsp3) is 0.343. The van der Waals surface area contributed by atoms with Gasteiger partial charge in [0.25, 0.3) is 0 Å². The summed E-state index contributed by atoms with van der Waals surface area (Å²) in [5.74, 6) is -3.63. The molecule has 4 heterocycles. The standard InChI is InChI=1S/C35H34N2O7/c1-21-14-16-24(17-15-21)37-31(38)27-28(32(37)39)30(33(40)41-20-23-12-8-5-9-13-23)36(19-22-10-6-4-7-11-22)29(27)25-18-26-34(42-25)44-35(2,3)43-26/h4-18,26-30,34H,19-20H2,1-3H3/t26-,27?,28?,29+,30-,34-/m1/s1. The first-order valence-electron chi connectivity index (χ1n) is 14.9. The van der Waals surface area contributed by atoms with Crippen LogP contribution in [-0.4, -0.2) is 52.9 Å². The van der Waals surface area contributed by atoms with Crippen molar-refractivity contribution in [1.82, 2.24) is 4.90 Å². The molecule has 0 aliphatic carbocycles. The number of carbonyl (C=O) groups is 3. The van der Waals surface area contributed by atoms with E-state index in [1.54, 1.807) is 12.1 Å². The normalized spacial score (nSPS) is 28.9. The highest BCUT2D eigenvalue weighted by atomic mass is 16.8. The van der Waals surface area contributed by atoms with Crippen molar-refractivity contribution < 1.29 is 33.3 Å². The van der Waals surface area contributed by atoms with Crippen LogP contribution < -0.4 is 4.90 Å². The molecule has 3 aromatic carbocycles. The maximum absolute atomic E-state index is 14.3. The van der Waals surface area contributed by atoms with Crippen molar-refractivity contribution in [2.24, 2.45) is 11.8 Å². The van der Waals surface area contributed by atoms with Crippen LogP contribution in [0.1, 0.15) is 30.5 Å². The molecule has 9 nitrogen and oxygen atoms in total. The van der Waals surface area contributed by atoms with E-state index in [1.165, 1.54) is 4.90 Å². The van der Waals surface area contributed by atoms with Crippen molar-refractivity contribution >= 4 is 23.5 Å². The molecule has 0 N–H and O–H groups in total. The minimum absolute atomic E-state index is 0.0430. The second-order valence-corrected chi connectivity index (χ2v) is 12.2. The van der Waals surface area contributed by atoms with Crippen LogP contribution in [0.2, 0.25) is 0 Å². The average molecular weight is 595 g/mol. The molecule has 2 amide bonds. The molecule has 7 rings (SSSR count). The van der Waals surface area contributed by atoms with E-state index in [9.17, 15) is 14.4 Å². The third-order valence-corrected chi connectivity index (χ3v) is 8.72. The van der Waals surface area contributed by atoms with Crippen LogP contribution in [0, 0.1) is 18.8 Å². The van der Waals surface area contributed by atoms with Crippen LogP contribution in [0.15, 0.2) is 96.8 Å². The molecule has 0 aromatic heterocycles. The lowest BCUT2D eigenvalue weighted by Crippen LogP contribution is -2.49. The number of benzene rings is 3. The first kappa shape index (κ1) is 28.5. The SMILES string of the molecule is Cc1ccc(N2C(=O)C3C(C2=O)[C@H](C2=C[C@H]4OC(C)(C)O[C@H]4O2)N(Cc2ccccc2)[C@H]3C(=O)OCc2ccccc2)cc1. The molecule has 3 saturated heterocycles. The van der Waals surface area contributed by atoms with Gasteiger partial charge in [0.05, 0.1) is 23.6 Å². The molecule has 0 spiro atoms. The first-order chi connectivity index (χ1) is 21.2. The van der Waals surface area contributed by atoms with Gasteiger partial charge in [0.1, 0.15) is 24.5 Å². The summed E-state index contributed by atoms with van der Waals surface area (Å²) in [6.45, 7) is 5.90. The number of imide groups is 1. The summed E-state index contributed by atoms with van der Waals surface area (Å²) in [4.78, 5) is 45.8. The number of likely N-dealkylation sites (tertiary alicyclic amines) is 1. The highest BCUT2D eigenvalue weighted by molar-refractivity contribution is 6.23. The Labute approximate surface area is 255 Å². The van der Waals surface area contributed by atoms with Crippen LogP contribution in [0.4, 0.5) is 5.69 Å². The van der Waals surface area contributed by atoms with Crippen LogP contribution in [0.5, 0.6) is 0 Å². The van der Waals surface area contributed by atoms with E-state index in [0.717, 1.165) is 16.7 Å². The summed E-state index contributed by atoms with van der Waals surface area (Å²) in [6.07, 6.45) is 0.645. The van der Waals surface area contributed by atoms with Crippen molar-refractivity contribution in [2.75, 3.05) is 4.90 Å². The van der Waals surface area contributed by atoms with E-state index in [4.69, 9.17) is 18.9 Å². The number of ether oxygens (including phenoxy) is 4. The fourth-order valence-electron chi connectivity index (χ4n) is 6.80. The van der Waals surface area contributed by atoms with E-state index >= 15 is 0 Å². The summed E-state index contributed by atoms with van der Waals surface area (Å²) in [6, 6.07) is 24.5. The number of nitrogens with zero attached hydrogens (tertiary/aromatic N) is 2. The number of rotatable bonds is 7. The Morgan fingerprint density at radius 2 is 1.48 bits per heavy atom. The Bertz CT molecular complexity index is 1600. The highest BCUT2D eigenvalue weighted by Gasteiger charge is 2.66. The van der Waals surface area contributed by atoms with Gasteiger partial charge in [0.2, 0.25) is 18.1 Å². The zero-order valence-corrected chi connectivity index (χ0v) is 24.8. The molecule has 0 saturated carbocycles. The van der Waals surface area contributed by atoms with Crippen LogP contribution in [0.3, 0.4) is 0 Å². The van der Waals surface area contributed by atoms with Gasteiger partial charge in [-0.15, -0.1) is 0 Å². The maximum Gasteiger partial charge on any atom is 0.324 e. The quantitative estimate of drug-likeness (QED) is 0.292. The summed E-state index contributed by atoms with van der Waals surface area (Å²) in [7, 11) is 0. The molecule has 3 fully saturated rings. The molecule has 4 aliphatic rings. The predicted octanol–water partition coefficient (Wildman–Crippen LogP) is 4.49. The minimum atomic E-state index is -1.04. The Hall–Kier alpha value is -4.31. The van der Waals surface area contributed by atoms with Crippen LogP contribution in [0.25, 0.3) is 0 Å². The van der Waals surface area contributed by atoms with Crippen molar-refractivity contribution in [3.8, 4) is 0 Å². The molecule has 2 unspecified atom stereocenters. The Kier molecular flexibility index (Phi) is 7.11. The largest absolute Gasteiger partial charge is 0.465 e. The number of fused-ring (bicyclic) bond motifs is 2. The smallest absolute Gasteiger partial charge is 0.324 e. The van der Waals surface area contributed by atoms with Gasteiger partial charge >= 0.3 is 5.97 Å². The predicted molar refractivity (Wildman–Crippen MR) is 159 cm³/mol. The molecule has 9 heteroatoms. The number of hydrogen-bond acceptors (Lipinski definition) is 8. The lowest BCUT2D eigenvalue weighted by atomic mass is 9.88. The zero-order valence-electron chi connectivity index (χ0n) is 24.8. The van der Waals surface area contributed by atoms with E-state index in [0.29, 0.717) is 11.4 Å². The third kappa shape index (κ3) is 5.00. The number of amides is 2. The van der Waals surface area contributed by atoms with E-state index < -0.39 is 54.0 Å². The monoisotopic (exact) mass is 594 g/mol. The van der Waals surface area contributed by atoms with Gasteiger partial charge in [-0.3, -0.25) is 19.3 Å². The summed E-state index contributed by atoms with van der Waals surface area (Å²) < 4.78 is 24.2. The van der Waals surface area contributed by atoms with Gasteiger partial charge in [-0.1, -0.05) is 78.4 Å². The van der Waals surface area contributed by atoms with Gasteiger partial charge < -0.3 is 18.9 Å². The van der Waals surface area contributed by atoms with Gasteiger partial charge in [-0.05, 0) is 50.1 Å². The molecular formula is C35H34N2O7. The molecule has 0 radical (unpaired) electrons. The molecule has 44 heavy (non-hydrogen) atoms. The van der Waals surface area contributed by atoms with Gasteiger partial charge in [-0.25, -0.2) is 4.90 Å². The molecular weight excluding hydrogens is 560 g/mol. The van der Waals surface area contributed by atoms with Gasteiger partial charge in [-0.2, -0.15) is 0 Å². The fourth-order valence-corrected chi connectivity index (χ4v) is 6.80. The first-order valence-corrected chi connectivity index (χ1v) is 14.9.